The molecule has 4 saturated carbocycles. The molecule has 0 atom stereocenters. The van der Waals surface area contributed by atoms with E-state index >= 15 is 0 Å². The van der Waals surface area contributed by atoms with Gasteiger partial charge in [0, 0.05) is 11.3 Å². The minimum atomic E-state index is -0.466. The highest BCUT2D eigenvalue weighted by Crippen LogP contribution is 2.61. The summed E-state index contributed by atoms with van der Waals surface area (Å²) in [5.41, 5.74) is 2.89. The summed E-state index contributed by atoms with van der Waals surface area (Å²) in [5, 5.41) is 2.27. The van der Waals surface area contributed by atoms with Crippen molar-refractivity contribution in [2.45, 2.75) is 43.9 Å². The third kappa shape index (κ3) is 4.59. The van der Waals surface area contributed by atoms with Gasteiger partial charge in [0.1, 0.15) is 18.0 Å². The molecule has 1 N–H and O–H groups in total. The van der Waals surface area contributed by atoms with Gasteiger partial charge in [0.2, 0.25) is 5.91 Å². The minimum absolute atomic E-state index is 0.211. The molecule has 0 radical (unpaired) electrons. The van der Waals surface area contributed by atoms with Gasteiger partial charge in [-0.2, -0.15) is 0 Å². The van der Waals surface area contributed by atoms with Crippen LogP contribution in [0, 0.1) is 17.8 Å². The van der Waals surface area contributed by atoms with Gasteiger partial charge in [-0.05, 0) is 121 Å². The van der Waals surface area contributed by atoms with Crippen molar-refractivity contribution in [3.8, 4) is 11.5 Å². The van der Waals surface area contributed by atoms with Crippen LogP contribution in [-0.2, 0) is 15.0 Å². The molecule has 4 bridgehead atoms. The zero-order valence-corrected chi connectivity index (χ0v) is 22.5. The van der Waals surface area contributed by atoms with Crippen LogP contribution in [0.5, 0.6) is 11.5 Å². The number of nitrogens with one attached hydrogen (secondary N) is 1. The summed E-state index contributed by atoms with van der Waals surface area (Å²) >= 11 is 0.861. The van der Waals surface area contributed by atoms with Crippen molar-refractivity contribution in [1.29, 1.82) is 0 Å². The maximum Gasteiger partial charge on any atom is 0.294 e. The smallest absolute Gasteiger partial charge is 0.294 e. The zero-order valence-electron chi connectivity index (χ0n) is 21.7. The Kier molecular flexibility index (Phi) is 6.46. The number of carbonyl (C=O) groups is 3. The van der Waals surface area contributed by atoms with Crippen LogP contribution in [0.1, 0.15) is 49.7 Å². The Bertz CT molecular complexity index is 1280. The van der Waals surface area contributed by atoms with Crippen LogP contribution in [0.15, 0.2) is 47.4 Å². The van der Waals surface area contributed by atoms with E-state index in [1.807, 2.05) is 6.07 Å². The molecular weight excluding hydrogens is 500 g/mol. The summed E-state index contributed by atoms with van der Waals surface area (Å²) in [6, 6.07) is 13.2. The number of nitrogens with zero attached hydrogens (tertiary/aromatic N) is 1. The van der Waals surface area contributed by atoms with Crippen molar-refractivity contribution in [2.24, 2.45) is 17.8 Å². The second kappa shape index (κ2) is 9.80. The fourth-order valence-corrected chi connectivity index (χ4v) is 8.27. The predicted molar refractivity (Wildman–Crippen MR) is 147 cm³/mol. The minimum Gasteiger partial charge on any atom is -0.497 e. The molecule has 5 aliphatic rings. The Morgan fingerprint density at radius 2 is 1.66 bits per heavy atom. The van der Waals surface area contributed by atoms with Gasteiger partial charge in [-0.3, -0.25) is 19.3 Å². The molecule has 0 aromatic heterocycles. The van der Waals surface area contributed by atoms with E-state index in [4.69, 9.17) is 9.47 Å². The topological polar surface area (TPSA) is 84.9 Å². The maximum atomic E-state index is 13.2. The average Bonchev–Trinajstić information content (AvgIpc) is 3.15. The van der Waals surface area contributed by atoms with E-state index in [0.717, 1.165) is 40.0 Å². The molecule has 4 aliphatic carbocycles. The monoisotopic (exact) mass is 532 g/mol. The first-order valence-corrected chi connectivity index (χ1v) is 14.1. The van der Waals surface area contributed by atoms with Crippen LogP contribution in [0.4, 0.5) is 10.5 Å². The Balaban J connectivity index is 1.20. The number of ether oxygens (including phenoxy) is 2. The van der Waals surface area contributed by atoms with Gasteiger partial charge >= 0.3 is 0 Å². The first-order valence-electron chi connectivity index (χ1n) is 13.2. The lowest BCUT2D eigenvalue weighted by molar-refractivity contribution is -0.127. The Labute approximate surface area is 226 Å². The number of benzene rings is 2. The van der Waals surface area contributed by atoms with Crippen LogP contribution >= 0.6 is 11.8 Å². The summed E-state index contributed by atoms with van der Waals surface area (Å²) in [5.74, 6) is 2.91. The van der Waals surface area contributed by atoms with Gasteiger partial charge in [-0.25, -0.2) is 0 Å². The fourth-order valence-electron chi connectivity index (χ4n) is 7.44. The predicted octanol–water partition coefficient (Wildman–Crippen LogP) is 5.85. The Morgan fingerprint density at radius 3 is 2.26 bits per heavy atom. The molecule has 7 nitrogen and oxygen atoms in total. The van der Waals surface area contributed by atoms with Crippen molar-refractivity contribution in [3.63, 3.8) is 0 Å². The molecule has 1 saturated heterocycles. The van der Waals surface area contributed by atoms with E-state index in [2.05, 4.69) is 17.4 Å². The van der Waals surface area contributed by atoms with E-state index in [-0.39, 0.29) is 12.0 Å². The van der Waals surface area contributed by atoms with Crippen LogP contribution in [-0.4, -0.2) is 42.7 Å². The van der Waals surface area contributed by atoms with E-state index in [9.17, 15) is 14.4 Å². The molecule has 2 aromatic rings. The van der Waals surface area contributed by atoms with Crippen molar-refractivity contribution in [3.05, 3.63) is 58.5 Å². The quantitative estimate of drug-likeness (QED) is 0.451. The normalized spacial score (nSPS) is 28.7. The number of rotatable bonds is 7. The van der Waals surface area contributed by atoms with Gasteiger partial charge in [0.05, 0.1) is 19.1 Å². The zero-order chi connectivity index (χ0) is 26.4. The fraction of sp³-hybridized carbons (Fsp3) is 0.433. The van der Waals surface area contributed by atoms with E-state index in [0.29, 0.717) is 22.1 Å². The molecular formula is C30H32N2O5S. The largest absolute Gasteiger partial charge is 0.497 e. The number of carbonyl (C=O) groups excluding carboxylic acids is 3. The summed E-state index contributed by atoms with van der Waals surface area (Å²) in [4.78, 5) is 39.8. The number of amides is 3. The molecule has 1 aliphatic heterocycles. The number of imide groups is 1. The van der Waals surface area contributed by atoms with Crippen molar-refractivity contribution < 1.29 is 23.9 Å². The Morgan fingerprint density at radius 1 is 1.00 bits per heavy atom. The van der Waals surface area contributed by atoms with Crippen LogP contribution in [0.3, 0.4) is 0 Å². The van der Waals surface area contributed by atoms with Gasteiger partial charge in [0.25, 0.3) is 11.1 Å². The molecule has 1 heterocycles. The van der Waals surface area contributed by atoms with Gasteiger partial charge in [0.15, 0.2) is 0 Å². The maximum absolute atomic E-state index is 13.2. The third-order valence-electron chi connectivity index (χ3n) is 8.72. The lowest BCUT2D eigenvalue weighted by Gasteiger charge is -2.57. The molecule has 2 aromatic carbocycles. The molecule has 0 unspecified atom stereocenters. The number of methoxy groups -OCH3 is 2. The van der Waals surface area contributed by atoms with Crippen LogP contribution < -0.4 is 14.8 Å². The third-order valence-corrected chi connectivity index (χ3v) is 9.62. The van der Waals surface area contributed by atoms with Crippen LogP contribution in [0.2, 0.25) is 0 Å². The highest BCUT2D eigenvalue weighted by atomic mass is 32.2. The summed E-state index contributed by atoms with van der Waals surface area (Å²) < 4.78 is 10.8. The second-order valence-corrected chi connectivity index (χ2v) is 12.2. The first kappa shape index (κ1) is 25.0. The summed E-state index contributed by atoms with van der Waals surface area (Å²) in [7, 11) is 3.18. The molecule has 5 fully saturated rings. The molecule has 198 valence electrons. The SMILES string of the molecule is COc1ccc(NC(=O)CN2C(=O)S/C(=C/c3cc(C45CC6CC(CC(C6)C4)C5)ccc3OC)C2=O)cc1. The highest BCUT2D eigenvalue weighted by molar-refractivity contribution is 8.18. The van der Waals surface area contributed by atoms with Gasteiger partial charge in [-0.1, -0.05) is 6.07 Å². The van der Waals surface area contributed by atoms with Gasteiger partial charge < -0.3 is 14.8 Å². The molecule has 0 spiro atoms. The number of thioether (sulfide) groups is 1. The first-order chi connectivity index (χ1) is 18.4. The van der Waals surface area contributed by atoms with E-state index < -0.39 is 17.1 Å². The molecule has 7 rings (SSSR count). The number of anilines is 1. The van der Waals surface area contributed by atoms with E-state index in [1.165, 1.54) is 44.1 Å². The van der Waals surface area contributed by atoms with Gasteiger partial charge in [-0.15, -0.1) is 0 Å². The molecule has 8 heteroatoms. The van der Waals surface area contributed by atoms with Crippen LogP contribution in [0.25, 0.3) is 6.08 Å². The number of hydrogen-bond donors (Lipinski definition) is 1. The summed E-state index contributed by atoms with van der Waals surface area (Å²) in [6.07, 6.45) is 9.60. The second-order valence-electron chi connectivity index (χ2n) is 11.2. The standard InChI is InChI=1S/C30H32N2O5S/c1-36-24-6-4-23(5-7-24)31-27(33)17-32-28(34)26(38-29(32)35)13-21-12-22(3-8-25(21)37-2)30-14-18-9-19(15-30)11-20(10-18)16-30/h3-8,12-13,18-20H,9-11,14-17H2,1-2H3,(H,31,33)/b26-13+. The van der Waals surface area contributed by atoms with E-state index in [1.54, 1.807) is 44.6 Å². The van der Waals surface area contributed by atoms with Crippen molar-refractivity contribution >= 4 is 40.6 Å². The molecule has 38 heavy (non-hydrogen) atoms. The Hall–Kier alpha value is -3.26. The van der Waals surface area contributed by atoms with Crippen molar-refractivity contribution in [1.82, 2.24) is 4.90 Å². The van der Waals surface area contributed by atoms with Crippen molar-refractivity contribution in [2.75, 3.05) is 26.1 Å². The lowest BCUT2D eigenvalue weighted by Crippen LogP contribution is -2.48. The lowest BCUT2D eigenvalue weighted by atomic mass is 9.48. The highest BCUT2D eigenvalue weighted by Gasteiger charge is 2.51. The average molecular weight is 533 g/mol. The summed E-state index contributed by atoms with van der Waals surface area (Å²) in [6.45, 7) is -0.349. The molecule has 3 amide bonds. The number of hydrogen-bond acceptors (Lipinski definition) is 6.